The highest BCUT2D eigenvalue weighted by Gasteiger charge is 2.03. The third-order valence-electron chi connectivity index (χ3n) is 2.30. The van der Waals surface area contributed by atoms with E-state index in [2.05, 4.69) is 0 Å². The lowest BCUT2D eigenvalue weighted by Gasteiger charge is -1.90. The standard InChI is InChI=1S/C15H12O2S2/c16-12(5-7-14-3-1-9-18-14)11-13(17)6-8-15-4-2-10-19-15/h1-10H,11H2/b7-5+,8-6+. The summed E-state index contributed by atoms with van der Waals surface area (Å²) in [6.45, 7) is 0. The summed E-state index contributed by atoms with van der Waals surface area (Å²) in [5, 5.41) is 3.89. The van der Waals surface area contributed by atoms with Gasteiger partial charge in [-0.15, -0.1) is 22.7 Å². The van der Waals surface area contributed by atoms with Crippen molar-refractivity contribution in [2.24, 2.45) is 0 Å². The van der Waals surface area contributed by atoms with Gasteiger partial charge in [-0.05, 0) is 47.2 Å². The predicted molar refractivity (Wildman–Crippen MR) is 81.3 cm³/mol. The van der Waals surface area contributed by atoms with Crippen LogP contribution in [0, 0.1) is 0 Å². The van der Waals surface area contributed by atoms with Crippen LogP contribution in [0.25, 0.3) is 12.2 Å². The van der Waals surface area contributed by atoms with Crippen molar-refractivity contribution in [2.45, 2.75) is 6.42 Å². The van der Waals surface area contributed by atoms with E-state index in [-0.39, 0.29) is 18.0 Å². The summed E-state index contributed by atoms with van der Waals surface area (Å²) in [7, 11) is 0. The topological polar surface area (TPSA) is 34.1 Å². The molecule has 0 amide bonds. The monoisotopic (exact) mass is 288 g/mol. The molecule has 0 N–H and O–H groups in total. The van der Waals surface area contributed by atoms with Crippen LogP contribution in [0.5, 0.6) is 0 Å². The minimum Gasteiger partial charge on any atom is -0.294 e. The first kappa shape index (κ1) is 13.6. The van der Waals surface area contributed by atoms with Gasteiger partial charge in [0.25, 0.3) is 0 Å². The number of hydrogen-bond donors (Lipinski definition) is 0. The highest BCUT2D eigenvalue weighted by atomic mass is 32.1. The van der Waals surface area contributed by atoms with E-state index in [1.54, 1.807) is 34.8 Å². The van der Waals surface area contributed by atoms with Crippen LogP contribution in [0.4, 0.5) is 0 Å². The molecule has 0 atom stereocenters. The Balaban J connectivity index is 1.83. The third kappa shape index (κ3) is 4.77. The highest BCUT2D eigenvalue weighted by molar-refractivity contribution is 7.11. The largest absolute Gasteiger partial charge is 0.294 e. The Bertz CT molecular complexity index is 536. The van der Waals surface area contributed by atoms with Crippen molar-refractivity contribution in [2.75, 3.05) is 0 Å². The summed E-state index contributed by atoms with van der Waals surface area (Å²) >= 11 is 3.11. The molecule has 2 rings (SSSR count). The second-order valence-electron chi connectivity index (χ2n) is 3.81. The number of carbonyl (C=O) groups excluding carboxylic acids is 2. The van der Waals surface area contributed by atoms with Gasteiger partial charge in [-0.1, -0.05) is 12.1 Å². The summed E-state index contributed by atoms with van der Waals surface area (Å²) in [5.74, 6) is -0.344. The molecule has 0 spiro atoms. The van der Waals surface area contributed by atoms with Gasteiger partial charge >= 0.3 is 0 Å². The van der Waals surface area contributed by atoms with Crippen molar-refractivity contribution in [3.05, 3.63) is 56.9 Å². The van der Waals surface area contributed by atoms with Crippen LogP contribution in [0.1, 0.15) is 16.2 Å². The molecule has 2 aromatic rings. The van der Waals surface area contributed by atoms with Crippen LogP contribution < -0.4 is 0 Å². The third-order valence-corrected chi connectivity index (χ3v) is 3.98. The maximum atomic E-state index is 11.6. The SMILES string of the molecule is O=C(/C=C/c1cccs1)CC(=O)/C=C/c1cccs1. The van der Waals surface area contributed by atoms with E-state index >= 15 is 0 Å². The average Bonchev–Trinajstić information content (AvgIpc) is 3.07. The molecule has 0 aromatic carbocycles. The quantitative estimate of drug-likeness (QED) is 0.593. The molecule has 2 nitrogen and oxygen atoms in total. The van der Waals surface area contributed by atoms with E-state index in [1.807, 2.05) is 35.0 Å². The second kappa shape index (κ2) is 6.97. The lowest BCUT2D eigenvalue weighted by atomic mass is 10.1. The van der Waals surface area contributed by atoms with Crippen LogP contribution in [-0.4, -0.2) is 11.6 Å². The molecule has 0 aliphatic rings. The van der Waals surface area contributed by atoms with E-state index in [4.69, 9.17) is 0 Å². The molecule has 19 heavy (non-hydrogen) atoms. The molecule has 0 saturated heterocycles. The number of carbonyl (C=O) groups is 2. The molecule has 4 heteroatoms. The fourth-order valence-electron chi connectivity index (χ4n) is 1.41. The summed E-state index contributed by atoms with van der Waals surface area (Å²) in [6.07, 6.45) is 6.32. The summed E-state index contributed by atoms with van der Waals surface area (Å²) in [6, 6.07) is 7.69. The normalized spacial score (nSPS) is 11.4. The van der Waals surface area contributed by atoms with Gasteiger partial charge in [-0.3, -0.25) is 9.59 Å². The Morgan fingerprint density at radius 1 is 0.895 bits per heavy atom. The van der Waals surface area contributed by atoms with E-state index < -0.39 is 0 Å². The van der Waals surface area contributed by atoms with Gasteiger partial charge in [0, 0.05) is 9.75 Å². The zero-order valence-electron chi connectivity index (χ0n) is 10.1. The predicted octanol–water partition coefficient (Wildman–Crippen LogP) is 4.06. The fourth-order valence-corrected chi connectivity index (χ4v) is 2.65. The molecular formula is C15H12O2S2. The fraction of sp³-hybridized carbons (Fsp3) is 0.0667. The van der Waals surface area contributed by atoms with Crippen LogP contribution in [-0.2, 0) is 9.59 Å². The summed E-state index contributed by atoms with van der Waals surface area (Å²) < 4.78 is 0. The van der Waals surface area contributed by atoms with Gasteiger partial charge < -0.3 is 0 Å². The molecular weight excluding hydrogens is 276 g/mol. The average molecular weight is 288 g/mol. The van der Waals surface area contributed by atoms with Crippen molar-refractivity contribution in [1.29, 1.82) is 0 Å². The Morgan fingerprint density at radius 2 is 1.37 bits per heavy atom. The Kier molecular flexibility index (Phi) is 5.01. The van der Waals surface area contributed by atoms with Crippen LogP contribution in [0.2, 0.25) is 0 Å². The van der Waals surface area contributed by atoms with Gasteiger partial charge in [0.15, 0.2) is 11.6 Å². The van der Waals surface area contributed by atoms with Gasteiger partial charge in [0.05, 0.1) is 6.42 Å². The summed E-state index contributed by atoms with van der Waals surface area (Å²) in [5.41, 5.74) is 0. The first-order chi connectivity index (χ1) is 9.24. The van der Waals surface area contributed by atoms with Gasteiger partial charge in [0.2, 0.25) is 0 Å². The molecule has 96 valence electrons. The second-order valence-corrected chi connectivity index (χ2v) is 5.77. The van der Waals surface area contributed by atoms with E-state index in [9.17, 15) is 9.59 Å². The van der Waals surface area contributed by atoms with Gasteiger partial charge in [-0.2, -0.15) is 0 Å². The Morgan fingerprint density at radius 3 is 1.74 bits per heavy atom. The molecule has 0 saturated carbocycles. The lowest BCUT2D eigenvalue weighted by molar-refractivity contribution is -0.121. The first-order valence-corrected chi connectivity index (χ1v) is 7.49. The minimum atomic E-state index is -0.172. The molecule has 0 aliphatic carbocycles. The molecule has 2 heterocycles. The Hall–Kier alpha value is -1.78. The van der Waals surface area contributed by atoms with E-state index in [0.717, 1.165) is 9.75 Å². The van der Waals surface area contributed by atoms with Crippen LogP contribution >= 0.6 is 22.7 Å². The lowest BCUT2D eigenvalue weighted by Crippen LogP contribution is -2.01. The number of hydrogen-bond acceptors (Lipinski definition) is 4. The van der Waals surface area contributed by atoms with Crippen LogP contribution in [0.3, 0.4) is 0 Å². The van der Waals surface area contributed by atoms with Crippen molar-refractivity contribution < 1.29 is 9.59 Å². The first-order valence-electron chi connectivity index (χ1n) is 5.73. The van der Waals surface area contributed by atoms with Crippen molar-refractivity contribution in [3.8, 4) is 0 Å². The minimum absolute atomic E-state index is 0.0796. The van der Waals surface area contributed by atoms with E-state index in [0.29, 0.717) is 0 Å². The zero-order chi connectivity index (χ0) is 13.5. The van der Waals surface area contributed by atoms with Crippen molar-refractivity contribution >= 4 is 46.4 Å². The highest BCUT2D eigenvalue weighted by Crippen LogP contribution is 2.11. The van der Waals surface area contributed by atoms with Gasteiger partial charge in [0.1, 0.15) is 0 Å². The number of thiophene rings is 2. The van der Waals surface area contributed by atoms with Crippen molar-refractivity contribution in [3.63, 3.8) is 0 Å². The molecule has 2 aromatic heterocycles. The molecule has 0 fully saturated rings. The Labute approximate surface area is 119 Å². The molecule has 0 aliphatic heterocycles. The number of ketones is 2. The maximum Gasteiger partial charge on any atom is 0.163 e. The van der Waals surface area contributed by atoms with Crippen LogP contribution in [0.15, 0.2) is 47.2 Å². The molecule has 0 bridgehead atoms. The number of rotatable bonds is 6. The summed E-state index contributed by atoms with van der Waals surface area (Å²) in [4.78, 5) is 25.2. The number of allylic oxidation sites excluding steroid dienone is 2. The van der Waals surface area contributed by atoms with Crippen molar-refractivity contribution in [1.82, 2.24) is 0 Å². The smallest absolute Gasteiger partial charge is 0.163 e. The zero-order valence-corrected chi connectivity index (χ0v) is 11.7. The van der Waals surface area contributed by atoms with Gasteiger partial charge in [-0.25, -0.2) is 0 Å². The van der Waals surface area contributed by atoms with E-state index in [1.165, 1.54) is 12.2 Å². The maximum absolute atomic E-state index is 11.6. The molecule has 0 radical (unpaired) electrons. The molecule has 0 unspecified atom stereocenters.